The average Bonchev–Trinajstić information content (AvgIpc) is 2.98. The summed E-state index contributed by atoms with van der Waals surface area (Å²) in [5.41, 5.74) is 3.55. The van der Waals surface area contributed by atoms with Gasteiger partial charge in [-0.2, -0.15) is 0 Å². The van der Waals surface area contributed by atoms with Crippen molar-refractivity contribution in [1.29, 1.82) is 0 Å². The summed E-state index contributed by atoms with van der Waals surface area (Å²) in [5.74, 6) is 3.39. The summed E-state index contributed by atoms with van der Waals surface area (Å²) < 4.78 is 32.6. The van der Waals surface area contributed by atoms with Gasteiger partial charge in [0.2, 0.25) is 11.5 Å². The van der Waals surface area contributed by atoms with Gasteiger partial charge in [0.1, 0.15) is 0 Å². The van der Waals surface area contributed by atoms with E-state index in [-0.39, 0.29) is 0 Å². The molecular formula is C32H30Cl2O6. The van der Waals surface area contributed by atoms with E-state index in [1.807, 2.05) is 72.8 Å². The van der Waals surface area contributed by atoms with Gasteiger partial charge in [0, 0.05) is 20.8 Å². The molecule has 0 aliphatic heterocycles. The predicted molar refractivity (Wildman–Crippen MR) is 164 cm³/mol. The molecule has 0 amide bonds. The summed E-state index contributed by atoms with van der Waals surface area (Å²) in [7, 11) is 9.50. The number of ether oxygens (including phenoxy) is 6. The number of methoxy groups -OCH3 is 6. The topological polar surface area (TPSA) is 55.4 Å². The predicted octanol–water partition coefficient (Wildman–Crippen LogP) is 8.54. The van der Waals surface area contributed by atoms with E-state index >= 15 is 0 Å². The van der Waals surface area contributed by atoms with E-state index in [0.717, 1.165) is 33.0 Å². The van der Waals surface area contributed by atoms with E-state index in [4.69, 9.17) is 51.6 Å². The summed E-state index contributed by atoms with van der Waals surface area (Å²) in [6, 6.07) is 15.3. The van der Waals surface area contributed by atoms with Gasteiger partial charge in [0.25, 0.3) is 0 Å². The minimum atomic E-state index is 0.540. The van der Waals surface area contributed by atoms with E-state index in [0.29, 0.717) is 44.5 Å². The fourth-order valence-electron chi connectivity index (χ4n) is 4.39. The lowest BCUT2D eigenvalue weighted by molar-refractivity contribution is 0.324. The maximum Gasteiger partial charge on any atom is 0.203 e. The molecular weight excluding hydrogens is 551 g/mol. The van der Waals surface area contributed by atoms with Crippen LogP contribution in [-0.2, 0) is 0 Å². The first-order valence-corrected chi connectivity index (χ1v) is 13.0. The van der Waals surface area contributed by atoms with Crippen molar-refractivity contribution in [3.63, 3.8) is 0 Å². The molecule has 0 spiro atoms. The van der Waals surface area contributed by atoms with E-state index in [1.54, 1.807) is 42.7 Å². The Balaban J connectivity index is 1.66. The van der Waals surface area contributed by atoms with Crippen LogP contribution in [0.15, 0.2) is 48.5 Å². The quantitative estimate of drug-likeness (QED) is 0.175. The van der Waals surface area contributed by atoms with Crippen LogP contribution >= 0.6 is 23.2 Å². The highest BCUT2D eigenvalue weighted by Gasteiger charge is 2.14. The SMILES string of the molecule is COc1cc(/C=C/c2cc(Cl)c3cc(/C=C/c4cc(OC)c(OC)c(OC)c4)cc(Cl)c3c2)cc(OC)c1OC. The highest BCUT2D eigenvalue weighted by molar-refractivity contribution is 6.40. The molecule has 40 heavy (non-hydrogen) atoms. The van der Waals surface area contributed by atoms with Gasteiger partial charge in [-0.1, -0.05) is 47.5 Å². The lowest BCUT2D eigenvalue weighted by Gasteiger charge is -2.13. The van der Waals surface area contributed by atoms with Crippen LogP contribution in [0, 0.1) is 0 Å². The average molecular weight is 581 g/mol. The third kappa shape index (κ3) is 6.09. The summed E-state index contributed by atoms with van der Waals surface area (Å²) in [5, 5.41) is 2.88. The van der Waals surface area contributed by atoms with E-state index in [1.165, 1.54) is 0 Å². The molecule has 0 unspecified atom stereocenters. The Morgan fingerprint density at radius 1 is 0.400 bits per heavy atom. The summed E-state index contributed by atoms with van der Waals surface area (Å²) in [6.45, 7) is 0. The Kier molecular flexibility index (Phi) is 9.35. The van der Waals surface area contributed by atoms with Crippen LogP contribution in [0.25, 0.3) is 35.1 Å². The maximum atomic E-state index is 6.73. The molecule has 4 aromatic rings. The van der Waals surface area contributed by atoms with Crippen LogP contribution in [-0.4, -0.2) is 42.7 Å². The molecule has 4 aromatic carbocycles. The van der Waals surface area contributed by atoms with Crippen LogP contribution in [0.1, 0.15) is 22.3 Å². The zero-order valence-corrected chi connectivity index (χ0v) is 24.6. The lowest BCUT2D eigenvalue weighted by Crippen LogP contribution is -1.95. The third-order valence-corrected chi connectivity index (χ3v) is 6.95. The molecule has 0 radical (unpaired) electrons. The fraction of sp³-hybridized carbons (Fsp3) is 0.188. The van der Waals surface area contributed by atoms with Gasteiger partial charge in [-0.3, -0.25) is 0 Å². The van der Waals surface area contributed by atoms with Crippen molar-refractivity contribution in [2.75, 3.05) is 42.7 Å². The molecule has 4 rings (SSSR count). The van der Waals surface area contributed by atoms with E-state index < -0.39 is 0 Å². The Hall–Kier alpha value is -4.00. The van der Waals surface area contributed by atoms with Gasteiger partial charge < -0.3 is 28.4 Å². The summed E-state index contributed by atoms with van der Waals surface area (Å²) in [4.78, 5) is 0. The molecule has 6 nitrogen and oxygen atoms in total. The monoisotopic (exact) mass is 580 g/mol. The van der Waals surface area contributed by atoms with Crippen molar-refractivity contribution >= 4 is 58.3 Å². The van der Waals surface area contributed by atoms with E-state index in [9.17, 15) is 0 Å². The highest BCUT2D eigenvalue weighted by atomic mass is 35.5. The lowest BCUT2D eigenvalue weighted by atomic mass is 10.0. The molecule has 0 saturated carbocycles. The Bertz CT molecular complexity index is 1420. The first-order chi connectivity index (χ1) is 19.3. The minimum absolute atomic E-state index is 0.540. The third-order valence-electron chi connectivity index (χ3n) is 6.32. The molecule has 208 valence electrons. The van der Waals surface area contributed by atoms with Gasteiger partial charge >= 0.3 is 0 Å². The van der Waals surface area contributed by atoms with Crippen molar-refractivity contribution < 1.29 is 28.4 Å². The first-order valence-electron chi connectivity index (χ1n) is 12.2. The van der Waals surface area contributed by atoms with Crippen LogP contribution in [0.3, 0.4) is 0 Å². The van der Waals surface area contributed by atoms with Crippen molar-refractivity contribution in [2.45, 2.75) is 0 Å². The molecule has 0 fully saturated rings. The van der Waals surface area contributed by atoms with Gasteiger partial charge in [-0.15, -0.1) is 0 Å². The van der Waals surface area contributed by atoms with Gasteiger partial charge in [-0.05, 0) is 70.8 Å². The van der Waals surface area contributed by atoms with Gasteiger partial charge in [0.15, 0.2) is 23.0 Å². The fourth-order valence-corrected chi connectivity index (χ4v) is 4.95. The maximum absolute atomic E-state index is 6.73. The van der Waals surface area contributed by atoms with Gasteiger partial charge in [0.05, 0.1) is 42.7 Å². The number of hydrogen-bond acceptors (Lipinski definition) is 6. The van der Waals surface area contributed by atoms with Crippen LogP contribution in [0.2, 0.25) is 10.0 Å². The second-order valence-corrected chi connectivity index (χ2v) is 9.50. The van der Waals surface area contributed by atoms with E-state index in [2.05, 4.69) is 0 Å². The molecule has 0 heterocycles. The standard InChI is InChI=1S/C32H30Cl2O6/c1-35-27-15-21(16-28(36-2)31(27)39-5)9-7-19-11-23-24(25(33)13-19)12-20(14-26(23)34)8-10-22-17-29(37-3)32(40-6)30(18-22)38-4/h7-18H,1-6H3/b9-7+,10-8+. The van der Waals surface area contributed by atoms with Crippen LogP contribution < -0.4 is 28.4 Å². The smallest absolute Gasteiger partial charge is 0.203 e. The molecule has 0 aliphatic carbocycles. The summed E-state index contributed by atoms with van der Waals surface area (Å²) >= 11 is 13.5. The van der Waals surface area contributed by atoms with Crippen molar-refractivity contribution in [3.05, 3.63) is 80.8 Å². The Labute approximate surface area is 244 Å². The van der Waals surface area contributed by atoms with Gasteiger partial charge in [-0.25, -0.2) is 0 Å². The number of fused-ring (bicyclic) bond motifs is 1. The molecule has 0 bridgehead atoms. The first kappa shape index (κ1) is 29.0. The summed E-state index contributed by atoms with van der Waals surface area (Å²) in [6.07, 6.45) is 7.82. The van der Waals surface area contributed by atoms with Crippen molar-refractivity contribution in [1.82, 2.24) is 0 Å². The molecule has 0 aromatic heterocycles. The minimum Gasteiger partial charge on any atom is -0.493 e. The zero-order valence-electron chi connectivity index (χ0n) is 23.1. The second-order valence-electron chi connectivity index (χ2n) is 8.68. The number of hydrogen-bond donors (Lipinski definition) is 0. The molecule has 0 aliphatic rings. The Morgan fingerprint density at radius 2 is 0.675 bits per heavy atom. The normalized spacial score (nSPS) is 11.3. The number of benzene rings is 4. The van der Waals surface area contributed by atoms with Crippen LogP contribution in [0.4, 0.5) is 0 Å². The van der Waals surface area contributed by atoms with Crippen LogP contribution in [0.5, 0.6) is 34.5 Å². The second kappa shape index (κ2) is 12.9. The van der Waals surface area contributed by atoms with Crippen molar-refractivity contribution in [2.24, 2.45) is 0 Å². The highest BCUT2D eigenvalue weighted by Crippen LogP contribution is 2.40. The molecule has 8 heteroatoms. The van der Waals surface area contributed by atoms with Crippen molar-refractivity contribution in [3.8, 4) is 34.5 Å². The molecule has 0 atom stereocenters. The largest absolute Gasteiger partial charge is 0.493 e. The zero-order chi connectivity index (χ0) is 28.8. The Morgan fingerprint density at radius 3 is 0.925 bits per heavy atom. The number of rotatable bonds is 10. The molecule has 0 saturated heterocycles. The number of halogens is 2. The molecule has 0 N–H and O–H groups in total.